The summed E-state index contributed by atoms with van der Waals surface area (Å²) in [4.78, 5) is 3.96. The molecule has 0 N–H and O–H groups in total. The van der Waals surface area contributed by atoms with Crippen LogP contribution in [0.2, 0.25) is 15.3 Å². The van der Waals surface area contributed by atoms with Crippen molar-refractivity contribution in [2.24, 2.45) is 0 Å². The lowest BCUT2D eigenvalue weighted by molar-refractivity contribution is 0.358. The van der Waals surface area contributed by atoms with Gasteiger partial charge in [0.15, 0.2) is 11.5 Å². The number of halogens is 3. The van der Waals surface area contributed by atoms with E-state index in [9.17, 15) is 0 Å². The molecule has 0 saturated heterocycles. The Bertz CT molecular complexity index is 587. The largest absolute Gasteiger partial charge is 0.493 e. The molecule has 0 spiro atoms. The van der Waals surface area contributed by atoms with Crippen LogP contribution in [0.3, 0.4) is 0 Å². The van der Waals surface area contributed by atoms with Gasteiger partial charge < -0.3 is 9.47 Å². The van der Waals surface area contributed by atoms with Crippen molar-refractivity contribution in [3.63, 3.8) is 0 Å². The van der Waals surface area contributed by atoms with E-state index in [0.717, 1.165) is 0 Å². The number of rotatable bonds is 2. The number of hydrogen-bond donors (Lipinski definition) is 0. The molecule has 0 bridgehead atoms. The standard InChI is InChI=1S/C11H8Cl3NO2/c1-16-7-4-6(12)5-3-8(13)15-11(14)9(5)10(7)17-2/h3-4H,1-2H3. The van der Waals surface area contributed by atoms with E-state index in [2.05, 4.69) is 4.98 Å². The molecule has 1 aromatic carbocycles. The van der Waals surface area contributed by atoms with E-state index in [0.29, 0.717) is 27.3 Å². The lowest BCUT2D eigenvalue weighted by Gasteiger charge is -2.13. The average molecular weight is 293 g/mol. The molecule has 17 heavy (non-hydrogen) atoms. The Kier molecular flexibility index (Phi) is 3.52. The van der Waals surface area contributed by atoms with Crippen LogP contribution >= 0.6 is 34.8 Å². The van der Waals surface area contributed by atoms with Gasteiger partial charge in [0, 0.05) is 11.5 Å². The smallest absolute Gasteiger partial charge is 0.171 e. The number of fused-ring (bicyclic) bond motifs is 1. The number of nitrogens with zero attached hydrogens (tertiary/aromatic N) is 1. The molecule has 0 fully saturated rings. The van der Waals surface area contributed by atoms with Gasteiger partial charge in [0.1, 0.15) is 10.3 Å². The van der Waals surface area contributed by atoms with Gasteiger partial charge in [0.2, 0.25) is 0 Å². The van der Waals surface area contributed by atoms with E-state index in [1.54, 1.807) is 12.1 Å². The number of pyridine rings is 1. The summed E-state index contributed by atoms with van der Waals surface area (Å²) in [6.45, 7) is 0. The Morgan fingerprint density at radius 2 is 1.76 bits per heavy atom. The molecule has 3 nitrogen and oxygen atoms in total. The average Bonchev–Trinajstić information content (AvgIpc) is 2.29. The van der Waals surface area contributed by atoms with E-state index >= 15 is 0 Å². The predicted molar refractivity (Wildman–Crippen MR) is 69.9 cm³/mol. The molecule has 0 saturated carbocycles. The fraction of sp³-hybridized carbons (Fsp3) is 0.182. The first-order chi connectivity index (χ1) is 8.08. The molecule has 0 radical (unpaired) electrons. The van der Waals surface area contributed by atoms with E-state index in [4.69, 9.17) is 44.3 Å². The Balaban J connectivity index is 2.95. The van der Waals surface area contributed by atoms with Crippen molar-refractivity contribution in [3.8, 4) is 11.5 Å². The summed E-state index contributed by atoms with van der Waals surface area (Å²) in [5.74, 6) is 0.983. The zero-order valence-electron chi connectivity index (χ0n) is 9.05. The van der Waals surface area contributed by atoms with Gasteiger partial charge in [0.25, 0.3) is 0 Å². The first-order valence-corrected chi connectivity index (χ1v) is 5.78. The lowest BCUT2D eigenvalue weighted by atomic mass is 10.1. The van der Waals surface area contributed by atoms with Crippen LogP contribution < -0.4 is 9.47 Å². The number of methoxy groups -OCH3 is 2. The molecule has 6 heteroatoms. The number of benzene rings is 1. The maximum atomic E-state index is 6.13. The minimum Gasteiger partial charge on any atom is -0.493 e. The fourth-order valence-electron chi connectivity index (χ4n) is 1.62. The van der Waals surface area contributed by atoms with Gasteiger partial charge in [-0.05, 0) is 6.07 Å². The van der Waals surface area contributed by atoms with Gasteiger partial charge in [-0.2, -0.15) is 0 Å². The molecule has 2 aromatic rings. The summed E-state index contributed by atoms with van der Waals surface area (Å²) in [6, 6.07) is 3.28. The van der Waals surface area contributed by atoms with Gasteiger partial charge in [-0.3, -0.25) is 0 Å². The van der Waals surface area contributed by atoms with E-state index < -0.39 is 0 Å². The molecule has 0 aliphatic rings. The van der Waals surface area contributed by atoms with Crippen LogP contribution in [0.25, 0.3) is 10.8 Å². The minimum absolute atomic E-state index is 0.227. The van der Waals surface area contributed by atoms with Crippen LogP contribution in [-0.4, -0.2) is 19.2 Å². The SMILES string of the molecule is COc1cc(Cl)c2cc(Cl)nc(Cl)c2c1OC. The second-order valence-electron chi connectivity index (χ2n) is 3.25. The zero-order valence-corrected chi connectivity index (χ0v) is 11.3. The van der Waals surface area contributed by atoms with Crippen LogP contribution in [0.15, 0.2) is 12.1 Å². The van der Waals surface area contributed by atoms with E-state index in [-0.39, 0.29) is 10.3 Å². The third kappa shape index (κ3) is 2.10. The molecule has 0 atom stereocenters. The summed E-state index contributed by atoms with van der Waals surface area (Å²) < 4.78 is 10.5. The van der Waals surface area contributed by atoms with Crippen molar-refractivity contribution in [1.82, 2.24) is 4.98 Å². The highest BCUT2D eigenvalue weighted by atomic mass is 35.5. The highest BCUT2D eigenvalue weighted by Gasteiger charge is 2.17. The molecular weight excluding hydrogens is 284 g/mol. The zero-order chi connectivity index (χ0) is 12.6. The normalized spacial score (nSPS) is 10.6. The van der Waals surface area contributed by atoms with Crippen molar-refractivity contribution < 1.29 is 9.47 Å². The Hall–Kier alpha value is -0.900. The number of hydrogen-bond acceptors (Lipinski definition) is 3. The highest BCUT2D eigenvalue weighted by molar-refractivity contribution is 6.41. The van der Waals surface area contributed by atoms with Crippen LogP contribution in [0.5, 0.6) is 11.5 Å². The van der Waals surface area contributed by atoms with Crippen molar-refractivity contribution in [2.45, 2.75) is 0 Å². The van der Waals surface area contributed by atoms with Crippen LogP contribution in [0.1, 0.15) is 0 Å². The summed E-state index contributed by atoms with van der Waals surface area (Å²) in [5.41, 5.74) is 0. The molecule has 1 aromatic heterocycles. The molecule has 2 rings (SSSR count). The van der Waals surface area contributed by atoms with Crippen LogP contribution in [0, 0.1) is 0 Å². The van der Waals surface area contributed by atoms with Gasteiger partial charge in [-0.15, -0.1) is 0 Å². The first-order valence-electron chi connectivity index (χ1n) is 4.64. The van der Waals surface area contributed by atoms with Crippen molar-refractivity contribution in [1.29, 1.82) is 0 Å². The predicted octanol–water partition coefficient (Wildman–Crippen LogP) is 4.21. The second-order valence-corrected chi connectivity index (χ2v) is 4.40. The quantitative estimate of drug-likeness (QED) is 0.777. The molecule has 0 amide bonds. The molecule has 1 heterocycles. The first kappa shape index (κ1) is 12.6. The monoisotopic (exact) mass is 291 g/mol. The Morgan fingerprint density at radius 1 is 1.06 bits per heavy atom. The Labute approximate surface area is 113 Å². The minimum atomic E-state index is 0.227. The molecule has 0 aliphatic heterocycles. The van der Waals surface area contributed by atoms with Gasteiger partial charge in [-0.25, -0.2) is 4.98 Å². The maximum absolute atomic E-state index is 6.13. The third-order valence-electron chi connectivity index (χ3n) is 2.33. The summed E-state index contributed by atoms with van der Waals surface area (Å²) in [5, 5.41) is 2.24. The van der Waals surface area contributed by atoms with Crippen LogP contribution in [0.4, 0.5) is 0 Å². The topological polar surface area (TPSA) is 31.4 Å². The molecule has 0 unspecified atom stereocenters. The number of aromatic nitrogens is 1. The fourth-order valence-corrected chi connectivity index (χ4v) is 2.39. The van der Waals surface area contributed by atoms with E-state index in [1.807, 2.05) is 0 Å². The second kappa shape index (κ2) is 4.77. The highest BCUT2D eigenvalue weighted by Crippen LogP contribution is 2.43. The maximum Gasteiger partial charge on any atom is 0.171 e. The van der Waals surface area contributed by atoms with Crippen molar-refractivity contribution >= 4 is 45.6 Å². The van der Waals surface area contributed by atoms with Gasteiger partial charge in [-0.1, -0.05) is 34.8 Å². The Morgan fingerprint density at radius 3 is 2.35 bits per heavy atom. The van der Waals surface area contributed by atoms with Gasteiger partial charge >= 0.3 is 0 Å². The van der Waals surface area contributed by atoms with Crippen LogP contribution in [-0.2, 0) is 0 Å². The van der Waals surface area contributed by atoms with Crippen molar-refractivity contribution in [2.75, 3.05) is 14.2 Å². The summed E-state index contributed by atoms with van der Waals surface area (Å²) in [6.07, 6.45) is 0. The molecule has 0 aliphatic carbocycles. The number of ether oxygens (including phenoxy) is 2. The summed E-state index contributed by atoms with van der Waals surface area (Å²) in [7, 11) is 3.05. The molecule has 90 valence electrons. The summed E-state index contributed by atoms with van der Waals surface area (Å²) >= 11 is 18.0. The van der Waals surface area contributed by atoms with E-state index in [1.165, 1.54) is 14.2 Å². The lowest BCUT2D eigenvalue weighted by Crippen LogP contribution is -1.94. The van der Waals surface area contributed by atoms with Crippen molar-refractivity contribution in [3.05, 3.63) is 27.5 Å². The molecular formula is C11H8Cl3NO2. The van der Waals surface area contributed by atoms with Gasteiger partial charge in [0.05, 0.1) is 24.6 Å². The third-order valence-corrected chi connectivity index (χ3v) is 3.11.